The number of carbonyl (C=O) groups is 1. The van der Waals surface area contributed by atoms with Crippen molar-refractivity contribution in [2.45, 2.75) is 20.3 Å². The van der Waals surface area contributed by atoms with E-state index in [1.165, 1.54) is 5.56 Å². The first kappa shape index (κ1) is 18.0. The van der Waals surface area contributed by atoms with E-state index in [1.54, 1.807) is 0 Å². The Labute approximate surface area is 144 Å². The molecule has 1 N–H and O–H groups in total. The third-order valence-corrected chi connectivity index (χ3v) is 3.82. The largest absolute Gasteiger partial charge is 0.492 e. The van der Waals surface area contributed by atoms with Gasteiger partial charge in [-0.3, -0.25) is 9.69 Å². The molecule has 1 amide bonds. The van der Waals surface area contributed by atoms with E-state index in [0.717, 1.165) is 23.4 Å². The van der Waals surface area contributed by atoms with Crippen LogP contribution in [0.15, 0.2) is 48.5 Å². The Balaban J connectivity index is 1.75. The SMILES string of the molecule is CCc1ccccc1NC(=O)CN(C)CCOc1cccc(C)c1. The fraction of sp³-hybridized carbons (Fsp3) is 0.350. The van der Waals surface area contributed by atoms with Crippen molar-refractivity contribution < 1.29 is 9.53 Å². The number of rotatable bonds is 8. The number of anilines is 1. The van der Waals surface area contributed by atoms with Crippen molar-refractivity contribution in [3.05, 3.63) is 59.7 Å². The Morgan fingerprint density at radius 2 is 1.96 bits per heavy atom. The van der Waals surface area contributed by atoms with Crippen molar-refractivity contribution in [3.63, 3.8) is 0 Å². The minimum atomic E-state index is -0.00560. The van der Waals surface area contributed by atoms with Gasteiger partial charge in [-0.05, 0) is 49.7 Å². The molecule has 0 fully saturated rings. The number of carbonyl (C=O) groups excluding carboxylic acids is 1. The molecular weight excluding hydrogens is 300 g/mol. The molecule has 0 heterocycles. The molecule has 0 unspecified atom stereocenters. The number of benzene rings is 2. The number of nitrogens with one attached hydrogen (secondary N) is 1. The highest BCUT2D eigenvalue weighted by molar-refractivity contribution is 5.92. The predicted octanol–water partition coefficient (Wildman–Crippen LogP) is 3.51. The number of hydrogen-bond donors (Lipinski definition) is 1. The molecule has 24 heavy (non-hydrogen) atoms. The van der Waals surface area contributed by atoms with Gasteiger partial charge in [0.15, 0.2) is 0 Å². The van der Waals surface area contributed by atoms with Crippen molar-refractivity contribution in [3.8, 4) is 5.75 Å². The topological polar surface area (TPSA) is 41.6 Å². The lowest BCUT2D eigenvalue weighted by molar-refractivity contribution is -0.117. The second-order valence-corrected chi connectivity index (χ2v) is 5.96. The van der Waals surface area contributed by atoms with Crippen molar-refractivity contribution in [2.24, 2.45) is 0 Å². The summed E-state index contributed by atoms with van der Waals surface area (Å²) in [4.78, 5) is 14.1. The van der Waals surface area contributed by atoms with Gasteiger partial charge in [-0.15, -0.1) is 0 Å². The van der Waals surface area contributed by atoms with Crippen LogP contribution in [0.25, 0.3) is 0 Å². The van der Waals surface area contributed by atoms with Crippen LogP contribution in [0.1, 0.15) is 18.1 Å². The molecule has 4 heteroatoms. The van der Waals surface area contributed by atoms with Gasteiger partial charge in [-0.25, -0.2) is 0 Å². The van der Waals surface area contributed by atoms with E-state index >= 15 is 0 Å². The van der Waals surface area contributed by atoms with Crippen LogP contribution < -0.4 is 10.1 Å². The molecule has 4 nitrogen and oxygen atoms in total. The second kappa shape index (κ2) is 9.08. The highest BCUT2D eigenvalue weighted by atomic mass is 16.5. The average Bonchev–Trinajstić information content (AvgIpc) is 2.55. The molecule has 0 spiro atoms. The fourth-order valence-electron chi connectivity index (χ4n) is 2.49. The molecule has 0 radical (unpaired) electrons. The monoisotopic (exact) mass is 326 g/mol. The number of likely N-dealkylation sites (N-methyl/N-ethyl adjacent to an activating group) is 1. The summed E-state index contributed by atoms with van der Waals surface area (Å²) in [5.41, 5.74) is 3.22. The number of nitrogens with zero attached hydrogens (tertiary/aromatic N) is 1. The summed E-state index contributed by atoms with van der Waals surface area (Å²) in [6.07, 6.45) is 0.899. The molecule has 0 saturated carbocycles. The summed E-state index contributed by atoms with van der Waals surface area (Å²) in [6.45, 7) is 5.71. The lowest BCUT2D eigenvalue weighted by Crippen LogP contribution is -2.33. The molecule has 0 aliphatic rings. The molecule has 0 aromatic heterocycles. The highest BCUT2D eigenvalue weighted by Gasteiger charge is 2.09. The van der Waals surface area contributed by atoms with Gasteiger partial charge < -0.3 is 10.1 Å². The van der Waals surface area contributed by atoms with Gasteiger partial charge in [0.1, 0.15) is 12.4 Å². The van der Waals surface area contributed by atoms with Crippen LogP contribution in [-0.2, 0) is 11.2 Å². The maximum absolute atomic E-state index is 12.2. The molecule has 2 aromatic rings. The lowest BCUT2D eigenvalue weighted by Gasteiger charge is -2.17. The van der Waals surface area contributed by atoms with Gasteiger partial charge in [0.05, 0.1) is 6.54 Å². The van der Waals surface area contributed by atoms with Crippen LogP contribution in [0.3, 0.4) is 0 Å². The third kappa shape index (κ3) is 5.70. The van der Waals surface area contributed by atoms with Gasteiger partial charge in [-0.2, -0.15) is 0 Å². The van der Waals surface area contributed by atoms with Crippen molar-refractivity contribution in [2.75, 3.05) is 32.1 Å². The average molecular weight is 326 g/mol. The number of amides is 1. The quantitative estimate of drug-likeness (QED) is 0.807. The molecule has 0 bridgehead atoms. The summed E-state index contributed by atoms with van der Waals surface area (Å²) >= 11 is 0. The van der Waals surface area contributed by atoms with Crippen LogP contribution in [0, 0.1) is 6.92 Å². The van der Waals surface area contributed by atoms with E-state index in [4.69, 9.17) is 4.74 Å². The van der Waals surface area contributed by atoms with Crippen LogP contribution in [0.5, 0.6) is 5.75 Å². The Kier molecular flexibility index (Phi) is 6.82. The smallest absolute Gasteiger partial charge is 0.238 e. The predicted molar refractivity (Wildman–Crippen MR) is 98.6 cm³/mol. The van der Waals surface area contributed by atoms with E-state index in [0.29, 0.717) is 19.7 Å². The molecule has 128 valence electrons. The van der Waals surface area contributed by atoms with Gasteiger partial charge >= 0.3 is 0 Å². The first-order valence-corrected chi connectivity index (χ1v) is 8.34. The van der Waals surface area contributed by atoms with Crippen LogP contribution in [0.4, 0.5) is 5.69 Å². The van der Waals surface area contributed by atoms with Crippen molar-refractivity contribution in [1.82, 2.24) is 4.90 Å². The third-order valence-electron chi connectivity index (χ3n) is 3.82. The summed E-state index contributed by atoms with van der Waals surface area (Å²) in [7, 11) is 1.92. The first-order valence-electron chi connectivity index (χ1n) is 8.34. The minimum absolute atomic E-state index is 0.00560. The number of aryl methyl sites for hydroxylation is 2. The standard InChI is InChI=1S/C20H26N2O2/c1-4-17-9-5-6-11-19(17)21-20(23)15-22(3)12-13-24-18-10-7-8-16(2)14-18/h5-11,14H,4,12-13,15H2,1-3H3,(H,21,23). The van der Waals surface area contributed by atoms with Gasteiger partial charge in [0.2, 0.25) is 5.91 Å². The maximum Gasteiger partial charge on any atom is 0.238 e. The van der Waals surface area contributed by atoms with Crippen LogP contribution in [0.2, 0.25) is 0 Å². The molecule has 2 aromatic carbocycles. The van der Waals surface area contributed by atoms with Crippen LogP contribution in [-0.4, -0.2) is 37.6 Å². The maximum atomic E-state index is 12.2. The van der Waals surface area contributed by atoms with Crippen molar-refractivity contribution in [1.29, 1.82) is 0 Å². The van der Waals surface area contributed by atoms with Gasteiger partial charge in [-0.1, -0.05) is 37.3 Å². The zero-order chi connectivity index (χ0) is 17.4. The number of para-hydroxylation sites is 1. The molecule has 0 aliphatic heterocycles. The zero-order valence-corrected chi connectivity index (χ0v) is 14.7. The number of hydrogen-bond acceptors (Lipinski definition) is 3. The summed E-state index contributed by atoms with van der Waals surface area (Å²) in [6, 6.07) is 15.9. The summed E-state index contributed by atoms with van der Waals surface area (Å²) in [5.74, 6) is 0.860. The zero-order valence-electron chi connectivity index (χ0n) is 14.7. The van der Waals surface area contributed by atoms with Crippen molar-refractivity contribution >= 4 is 11.6 Å². The lowest BCUT2D eigenvalue weighted by atomic mass is 10.1. The molecule has 0 atom stereocenters. The Morgan fingerprint density at radius 1 is 1.17 bits per heavy atom. The normalized spacial score (nSPS) is 10.7. The number of ether oxygens (including phenoxy) is 1. The van der Waals surface area contributed by atoms with Gasteiger partial charge in [0, 0.05) is 12.2 Å². The first-order chi connectivity index (χ1) is 11.6. The van der Waals surface area contributed by atoms with E-state index in [1.807, 2.05) is 67.4 Å². The van der Waals surface area contributed by atoms with E-state index in [9.17, 15) is 4.79 Å². The Morgan fingerprint density at radius 3 is 2.71 bits per heavy atom. The highest BCUT2D eigenvalue weighted by Crippen LogP contribution is 2.15. The molecule has 0 saturated heterocycles. The second-order valence-electron chi connectivity index (χ2n) is 5.96. The fourth-order valence-corrected chi connectivity index (χ4v) is 2.49. The summed E-state index contributed by atoms with van der Waals surface area (Å²) in [5, 5.41) is 2.99. The van der Waals surface area contributed by atoms with E-state index in [2.05, 4.69) is 12.2 Å². The molecular formula is C20H26N2O2. The van der Waals surface area contributed by atoms with Gasteiger partial charge in [0.25, 0.3) is 0 Å². The Bertz CT molecular complexity index is 670. The minimum Gasteiger partial charge on any atom is -0.492 e. The molecule has 0 aliphatic carbocycles. The summed E-state index contributed by atoms with van der Waals surface area (Å²) < 4.78 is 5.72. The van der Waals surface area contributed by atoms with E-state index < -0.39 is 0 Å². The molecule has 2 rings (SSSR count). The Hall–Kier alpha value is -2.33. The van der Waals surface area contributed by atoms with Crippen LogP contribution >= 0.6 is 0 Å². The van der Waals surface area contributed by atoms with E-state index in [-0.39, 0.29) is 5.91 Å².